The zero-order valence-corrected chi connectivity index (χ0v) is 22.9. The van der Waals surface area contributed by atoms with Crippen LogP contribution in [0.25, 0.3) is 22.2 Å². The number of Topliss-reactive ketones (excluding diaryl/α,β-unsaturated/α-hetero) is 1. The fraction of sp³-hybridized carbons (Fsp3) is 0.517. The fourth-order valence-corrected chi connectivity index (χ4v) is 5.60. The number of carbonyl (C=O) groups is 2. The number of anilines is 1. The molecule has 1 amide bonds. The highest BCUT2D eigenvalue weighted by Crippen LogP contribution is 2.41. The Bertz CT molecular complexity index is 1400. The molecule has 5 rings (SSSR count). The molecule has 2 fully saturated rings. The van der Waals surface area contributed by atoms with Crippen molar-refractivity contribution in [3.63, 3.8) is 0 Å². The third-order valence-corrected chi connectivity index (χ3v) is 7.49. The predicted octanol–water partition coefficient (Wildman–Crippen LogP) is 6.68. The smallest absolute Gasteiger partial charge is 0.419 e. The van der Waals surface area contributed by atoms with Gasteiger partial charge in [0.25, 0.3) is 0 Å². The average molecular weight is 558 g/mol. The van der Waals surface area contributed by atoms with Gasteiger partial charge in [0.05, 0.1) is 5.69 Å². The Kier molecular flexibility index (Phi) is 7.50. The Morgan fingerprint density at radius 2 is 1.90 bits per heavy atom. The number of piperidine rings is 1. The molecule has 2 aliphatic rings. The van der Waals surface area contributed by atoms with Crippen LogP contribution in [0.3, 0.4) is 0 Å². The number of ether oxygens (including phenoxy) is 1. The van der Waals surface area contributed by atoms with E-state index >= 15 is 0 Å². The number of aromatic amines is 1. The number of hydrogen-bond acceptors (Lipinski definition) is 6. The lowest BCUT2D eigenvalue weighted by Crippen LogP contribution is -2.47. The van der Waals surface area contributed by atoms with E-state index in [4.69, 9.17) is 4.74 Å². The largest absolute Gasteiger partial charge is 0.444 e. The highest BCUT2D eigenvalue weighted by atomic mass is 19.4. The molecule has 1 unspecified atom stereocenters. The van der Waals surface area contributed by atoms with E-state index < -0.39 is 23.4 Å². The van der Waals surface area contributed by atoms with Crippen LogP contribution in [0.4, 0.5) is 23.9 Å². The van der Waals surface area contributed by atoms with E-state index in [-0.39, 0.29) is 29.4 Å². The number of H-pyrrole nitrogens is 1. The van der Waals surface area contributed by atoms with Crippen molar-refractivity contribution in [3.8, 4) is 11.3 Å². The van der Waals surface area contributed by atoms with Gasteiger partial charge < -0.3 is 19.9 Å². The first-order valence-corrected chi connectivity index (χ1v) is 13.7. The molecular weight excluding hydrogens is 523 g/mol. The number of rotatable bonds is 4. The van der Waals surface area contributed by atoms with Gasteiger partial charge in [-0.05, 0) is 57.9 Å². The zero-order valence-electron chi connectivity index (χ0n) is 22.9. The molecule has 0 spiro atoms. The van der Waals surface area contributed by atoms with Crippen molar-refractivity contribution in [1.82, 2.24) is 19.9 Å². The number of para-hydroxylation sites is 1. The van der Waals surface area contributed by atoms with Gasteiger partial charge in [0, 0.05) is 60.8 Å². The Labute approximate surface area is 230 Å². The number of amides is 1. The first kappa shape index (κ1) is 27.9. The number of nitrogens with one attached hydrogen (secondary N) is 2. The normalized spacial score (nSPS) is 19.2. The summed E-state index contributed by atoms with van der Waals surface area (Å²) in [6.45, 7) is 6.26. The Morgan fingerprint density at radius 1 is 1.15 bits per heavy atom. The molecule has 1 aliphatic heterocycles. The summed E-state index contributed by atoms with van der Waals surface area (Å²) in [4.78, 5) is 37.5. The lowest BCUT2D eigenvalue weighted by molar-refractivity contribution is -0.137. The SMILES string of the molecule is CC(C)(C)OC(=O)N1CCCC(Nc2ncc(C(F)(F)F)c(-c3c[nH]c4c(C5CCC(=O)CC5)cccc34)n2)C1. The maximum Gasteiger partial charge on any atom is 0.419 e. The second-order valence-corrected chi connectivity index (χ2v) is 11.6. The van der Waals surface area contributed by atoms with Crippen molar-refractivity contribution >= 4 is 28.7 Å². The molecule has 3 heterocycles. The number of nitrogens with zero attached hydrogens (tertiary/aromatic N) is 3. The van der Waals surface area contributed by atoms with Gasteiger partial charge in [-0.1, -0.05) is 18.2 Å². The molecule has 40 heavy (non-hydrogen) atoms. The molecular formula is C29H34F3N5O3. The second-order valence-electron chi connectivity index (χ2n) is 11.6. The van der Waals surface area contributed by atoms with Gasteiger partial charge in [0.15, 0.2) is 0 Å². The van der Waals surface area contributed by atoms with Crippen LogP contribution in [-0.4, -0.2) is 56.5 Å². The minimum absolute atomic E-state index is 0.0651. The number of fused-ring (bicyclic) bond motifs is 1. The highest BCUT2D eigenvalue weighted by Gasteiger charge is 2.37. The predicted molar refractivity (Wildman–Crippen MR) is 145 cm³/mol. The first-order valence-electron chi connectivity index (χ1n) is 13.7. The highest BCUT2D eigenvalue weighted by molar-refractivity contribution is 5.97. The van der Waals surface area contributed by atoms with E-state index in [0.717, 1.165) is 30.1 Å². The molecule has 1 aliphatic carbocycles. The molecule has 0 bridgehead atoms. The molecule has 8 nitrogen and oxygen atoms in total. The Morgan fingerprint density at radius 3 is 2.60 bits per heavy atom. The summed E-state index contributed by atoms with van der Waals surface area (Å²) in [5.41, 5.74) is 0.329. The van der Waals surface area contributed by atoms with Gasteiger partial charge in [-0.3, -0.25) is 4.79 Å². The molecule has 1 atom stereocenters. The summed E-state index contributed by atoms with van der Waals surface area (Å²) in [6, 6.07) is 5.36. The van der Waals surface area contributed by atoms with Gasteiger partial charge in [-0.2, -0.15) is 13.2 Å². The van der Waals surface area contributed by atoms with Crippen molar-refractivity contribution in [1.29, 1.82) is 0 Å². The molecule has 11 heteroatoms. The van der Waals surface area contributed by atoms with Crippen LogP contribution in [-0.2, 0) is 15.7 Å². The van der Waals surface area contributed by atoms with Gasteiger partial charge in [0.2, 0.25) is 5.95 Å². The molecule has 2 N–H and O–H groups in total. The number of halogens is 3. The summed E-state index contributed by atoms with van der Waals surface area (Å²) in [5, 5.41) is 3.78. The van der Waals surface area contributed by atoms with E-state index in [1.807, 2.05) is 12.1 Å². The number of carbonyl (C=O) groups excluding carboxylic acids is 2. The van der Waals surface area contributed by atoms with Crippen LogP contribution >= 0.6 is 0 Å². The van der Waals surface area contributed by atoms with E-state index in [9.17, 15) is 22.8 Å². The minimum Gasteiger partial charge on any atom is -0.444 e. The molecule has 3 aromatic rings. The summed E-state index contributed by atoms with van der Waals surface area (Å²) in [7, 11) is 0. The quantitative estimate of drug-likeness (QED) is 0.371. The summed E-state index contributed by atoms with van der Waals surface area (Å²) in [6.07, 6.45) is 1.19. The van der Waals surface area contributed by atoms with Gasteiger partial charge in [-0.15, -0.1) is 0 Å². The summed E-state index contributed by atoms with van der Waals surface area (Å²) in [5.74, 6) is 0.478. The topological polar surface area (TPSA) is 100 Å². The molecule has 0 radical (unpaired) electrons. The van der Waals surface area contributed by atoms with Gasteiger partial charge in [-0.25, -0.2) is 14.8 Å². The lowest BCUT2D eigenvalue weighted by Gasteiger charge is -2.34. The molecule has 2 aromatic heterocycles. The van der Waals surface area contributed by atoms with Crippen LogP contribution in [0.1, 0.15) is 76.3 Å². The third-order valence-electron chi connectivity index (χ3n) is 7.49. The zero-order chi connectivity index (χ0) is 28.7. The van der Waals surface area contributed by atoms with Crippen LogP contribution in [0.2, 0.25) is 0 Å². The van der Waals surface area contributed by atoms with Crippen molar-refractivity contribution < 1.29 is 27.5 Å². The van der Waals surface area contributed by atoms with E-state index in [2.05, 4.69) is 20.3 Å². The van der Waals surface area contributed by atoms with Gasteiger partial charge >= 0.3 is 12.3 Å². The number of aromatic nitrogens is 3. The number of ketones is 1. The Hall–Kier alpha value is -3.63. The van der Waals surface area contributed by atoms with E-state index in [0.29, 0.717) is 49.7 Å². The van der Waals surface area contributed by atoms with Crippen molar-refractivity contribution in [3.05, 3.63) is 41.7 Å². The van der Waals surface area contributed by atoms with Crippen molar-refractivity contribution in [2.75, 3.05) is 18.4 Å². The molecule has 1 saturated carbocycles. The maximum absolute atomic E-state index is 14.1. The van der Waals surface area contributed by atoms with Crippen LogP contribution in [0.5, 0.6) is 0 Å². The number of likely N-dealkylation sites (tertiary alicyclic amines) is 1. The van der Waals surface area contributed by atoms with Crippen molar-refractivity contribution in [2.24, 2.45) is 0 Å². The third kappa shape index (κ3) is 6.08. The van der Waals surface area contributed by atoms with Crippen LogP contribution < -0.4 is 5.32 Å². The molecule has 1 aromatic carbocycles. The van der Waals surface area contributed by atoms with Crippen LogP contribution in [0, 0.1) is 0 Å². The first-order chi connectivity index (χ1) is 18.9. The monoisotopic (exact) mass is 557 g/mol. The Balaban J connectivity index is 1.44. The maximum atomic E-state index is 14.1. The lowest BCUT2D eigenvalue weighted by atomic mass is 9.82. The summed E-state index contributed by atoms with van der Waals surface area (Å²) < 4.78 is 47.8. The summed E-state index contributed by atoms with van der Waals surface area (Å²) >= 11 is 0. The molecule has 214 valence electrons. The fourth-order valence-electron chi connectivity index (χ4n) is 5.60. The second kappa shape index (κ2) is 10.7. The minimum atomic E-state index is -4.66. The molecule has 1 saturated heterocycles. The standard InChI is InChI=1S/C29H34F3N5O3/c1-28(2,3)40-27(39)37-13-5-6-18(16-37)35-26-34-15-23(29(30,31)32)25(36-26)22-14-33-24-20(7-4-8-21(22)24)17-9-11-19(38)12-10-17/h4,7-8,14-15,17-18,33H,5-6,9-13,16H2,1-3H3,(H,34,35,36). The van der Waals surface area contributed by atoms with Gasteiger partial charge in [0.1, 0.15) is 16.9 Å². The average Bonchev–Trinajstić information content (AvgIpc) is 3.32. The van der Waals surface area contributed by atoms with Crippen molar-refractivity contribution in [2.45, 2.75) is 83.0 Å². The number of benzene rings is 1. The number of hydrogen-bond donors (Lipinski definition) is 2. The van der Waals surface area contributed by atoms with E-state index in [1.165, 1.54) is 0 Å². The van der Waals surface area contributed by atoms with Crippen LogP contribution in [0.15, 0.2) is 30.6 Å². The van der Waals surface area contributed by atoms with E-state index in [1.54, 1.807) is 37.9 Å². The number of alkyl halides is 3.